The predicted octanol–water partition coefficient (Wildman–Crippen LogP) is 4.10. The van der Waals surface area contributed by atoms with Crippen LogP contribution in [-0.4, -0.2) is 32.7 Å². The van der Waals surface area contributed by atoms with Gasteiger partial charge in [-0.25, -0.2) is 4.79 Å². The smallest absolute Gasteiger partial charge is 0.336 e. The fraction of sp³-hybridized carbons (Fsp3) is 0.130. The van der Waals surface area contributed by atoms with Crippen molar-refractivity contribution in [3.63, 3.8) is 0 Å². The summed E-state index contributed by atoms with van der Waals surface area (Å²) >= 11 is 0. The van der Waals surface area contributed by atoms with E-state index in [-0.39, 0.29) is 5.56 Å². The predicted molar refractivity (Wildman–Crippen MR) is 109 cm³/mol. The van der Waals surface area contributed by atoms with Crippen LogP contribution in [0, 0.1) is 6.92 Å². The number of methoxy groups -OCH3 is 1. The number of carboxylic acids is 1. The van der Waals surface area contributed by atoms with Gasteiger partial charge < -0.3 is 14.9 Å². The van der Waals surface area contributed by atoms with Crippen molar-refractivity contribution in [1.29, 1.82) is 0 Å². The van der Waals surface area contributed by atoms with Gasteiger partial charge in [0.15, 0.2) is 0 Å². The fourth-order valence-corrected chi connectivity index (χ4v) is 3.54. The quantitative estimate of drug-likeness (QED) is 0.538. The molecule has 1 unspecified atom stereocenters. The van der Waals surface area contributed by atoms with Crippen molar-refractivity contribution in [3.05, 3.63) is 89.2 Å². The van der Waals surface area contributed by atoms with Crippen molar-refractivity contribution >= 4 is 11.6 Å². The Morgan fingerprint density at radius 1 is 1.10 bits per heavy atom. The zero-order chi connectivity index (χ0) is 20.5. The molecule has 1 atom stereocenters. The molecule has 0 saturated carbocycles. The maximum atomic E-state index is 11.9. The number of aromatic carboxylic acids is 1. The van der Waals surface area contributed by atoms with E-state index in [1.54, 1.807) is 22.7 Å². The zero-order valence-corrected chi connectivity index (χ0v) is 16.0. The first-order chi connectivity index (χ1) is 14.0. The van der Waals surface area contributed by atoms with Crippen LogP contribution in [0.2, 0.25) is 0 Å². The molecule has 0 saturated heterocycles. The van der Waals surface area contributed by atoms with E-state index >= 15 is 0 Å². The Bertz CT molecular complexity index is 1200. The highest BCUT2D eigenvalue weighted by Gasteiger charge is 2.21. The number of carbonyl (C=O) groups is 1. The summed E-state index contributed by atoms with van der Waals surface area (Å²) in [4.78, 5) is 16.3. The molecule has 146 valence electrons. The Hall–Kier alpha value is -3.64. The van der Waals surface area contributed by atoms with Crippen molar-refractivity contribution in [2.75, 3.05) is 7.11 Å². The molecule has 0 spiro atoms. The van der Waals surface area contributed by atoms with Crippen LogP contribution in [0.5, 0.6) is 5.88 Å². The Labute approximate surface area is 167 Å². The Kier molecular flexibility index (Phi) is 4.78. The number of fused-ring (bicyclic) bond motifs is 1. The number of pyridine rings is 1. The van der Waals surface area contributed by atoms with E-state index in [1.807, 2.05) is 49.4 Å². The molecule has 2 N–H and O–H groups in total. The largest absolute Gasteiger partial charge is 0.480 e. The van der Waals surface area contributed by atoms with Gasteiger partial charge in [0.25, 0.3) is 0 Å². The zero-order valence-electron chi connectivity index (χ0n) is 16.0. The number of rotatable bonds is 5. The average molecular weight is 388 g/mol. The highest BCUT2D eigenvalue weighted by Crippen LogP contribution is 2.31. The Morgan fingerprint density at radius 2 is 1.86 bits per heavy atom. The number of imidazole rings is 1. The molecule has 0 aliphatic carbocycles. The third-order valence-electron chi connectivity index (χ3n) is 5.00. The van der Waals surface area contributed by atoms with E-state index < -0.39 is 12.1 Å². The summed E-state index contributed by atoms with van der Waals surface area (Å²) in [6, 6.07) is 18.1. The number of ether oxygens (including phenoxy) is 1. The number of carboxylic acid groups (broad SMARTS) is 1. The number of aliphatic hydroxyl groups is 1. The molecule has 2 aromatic heterocycles. The highest BCUT2D eigenvalue weighted by atomic mass is 16.5. The lowest BCUT2D eigenvalue weighted by Crippen LogP contribution is -2.10. The molecule has 0 fully saturated rings. The number of hydrogen-bond donors (Lipinski definition) is 2. The molecule has 0 aliphatic rings. The van der Waals surface area contributed by atoms with Gasteiger partial charge >= 0.3 is 5.97 Å². The van der Waals surface area contributed by atoms with E-state index in [2.05, 4.69) is 4.98 Å². The van der Waals surface area contributed by atoms with Gasteiger partial charge in [0.05, 0.1) is 24.6 Å². The summed E-state index contributed by atoms with van der Waals surface area (Å²) in [6.45, 7) is 1.89. The number of aryl methyl sites for hydroxylation is 1. The van der Waals surface area contributed by atoms with Crippen LogP contribution in [0.1, 0.15) is 33.3 Å². The van der Waals surface area contributed by atoms with E-state index in [1.165, 1.54) is 13.2 Å². The molecule has 0 radical (unpaired) electrons. The number of aliphatic hydroxyl groups excluding tert-OH is 1. The second-order valence-corrected chi connectivity index (χ2v) is 6.79. The first kappa shape index (κ1) is 18.7. The number of nitrogens with zero attached hydrogens (tertiary/aromatic N) is 2. The fourth-order valence-electron chi connectivity index (χ4n) is 3.54. The Morgan fingerprint density at radius 3 is 2.55 bits per heavy atom. The third kappa shape index (κ3) is 3.34. The lowest BCUT2D eigenvalue weighted by Gasteiger charge is -2.18. The molecule has 0 aliphatic heterocycles. The molecule has 0 amide bonds. The van der Waals surface area contributed by atoms with E-state index in [0.29, 0.717) is 28.3 Å². The summed E-state index contributed by atoms with van der Waals surface area (Å²) in [6.07, 6.45) is 0.678. The molecular formula is C23H20N2O4. The molecule has 2 heterocycles. The van der Waals surface area contributed by atoms with Crippen molar-refractivity contribution < 1.29 is 19.7 Å². The number of aromatic nitrogens is 2. The average Bonchev–Trinajstić information content (AvgIpc) is 3.16. The molecule has 4 rings (SSSR count). The van der Waals surface area contributed by atoms with Gasteiger partial charge in [0.2, 0.25) is 5.88 Å². The first-order valence-electron chi connectivity index (χ1n) is 9.13. The van der Waals surface area contributed by atoms with Gasteiger partial charge in [-0.3, -0.25) is 4.40 Å². The van der Waals surface area contributed by atoms with Crippen LogP contribution in [0.25, 0.3) is 16.8 Å². The maximum Gasteiger partial charge on any atom is 0.336 e. The van der Waals surface area contributed by atoms with Gasteiger partial charge in [-0.05, 0) is 41.3 Å². The molecular weight excluding hydrogens is 368 g/mol. The van der Waals surface area contributed by atoms with Crippen LogP contribution in [0.15, 0.2) is 66.9 Å². The second-order valence-electron chi connectivity index (χ2n) is 6.79. The minimum Gasteiger partial charge on any atom is -0.480 e. The van der Waals surface area contributed by atoms with Gasteiger partial charge in [-0.1, -0.05) is 48.5 Å². The lowest BCUT2D eigenvalue weighted by atomic mass is 9.94. The van der Waals surface area contributed by atoms with E-state index in [9.17, 15) is 15.0 Å². The molecule has 2 aromatic carbocycles. The molecule has 4 aromatic rings. The van der Waals surface area contributed by atoms with Crippen LogP contribution < -0.4 is 4.74 Å². The van der Waals surface area contributed by atoms with Crippen LogP contribution >= 0.6 is 0 Å². The Balaban J connectivity index is 1.84. The highest BCUT2D eigenvalue weighted by molar-refractivity contribution is 5.96. The maximum absolute atomic E-state index is 11.9. The summed E-state index contributed by atoms with van der Waals surface area (Å²) in [7, 11) is 1.53. The monoisotopic (exact) mass is 388 g/mol. The summed E-state index contributed by atoms with van der Waals surface area (Å²) < 4.78 is 6.97. The van der Waals surface area contributed by atoms with Gasteiger partial charge in [-0.2, -0.15) is 4.98 Å². The summed E-state index contributed by atoms with van der Waals surface area (Å²) in [5.41, 5.74) is 4.15. The van der Waals surface area contributed by atoms with Crippen molar-refractivity contribution in [2.24, 2.45) is 0 Å². The summed E-state index contributed by atoms with van der Waals surface area (Å²) in [5.74, 6) is -0.605. The molecule has 0 bridgehead atoms. The van der Waals surface area contributed by atoms with Gasteiger partial charge in [0, 0.05) is 0 Å². The number of benzene rings is 2. The molecule has 29 heavy (non-hydrogen) atoms. The normalized spacial score (nSPS) is 12.1. The SMILES string of the molecule is COc1cn2c(C(O)c3ccc(-c4ccccc4)c(C(=O)O)c3)c(C)ccc2n1. The summed E-state index contributed by atoms with van der Waals surface area (Å²) in [5, 5.41) is 20.9. The third-order valence-corrected chi connectivity index (χ3v) is 5.00. The minimum atomic E-state index is -1.04. The standard InChI is InChI=1S/C23H20N2O4/c1-14-8-11-19-24-20(29-2)13-25(19)21(14)22(26)16-9-10-17(18(12-16)23(27)28)15-6-4-3-5-7-15/h3-13,22,26H,1-2H3,(H,27,28). The van der Waals surface area contributed by atoms with Crippen molar-refractivity contribution in [1.82, 2.24) is 9.38 Å². The van der Waals surface area contributed by atoms with Gasteiger partial charge in [-0.15, -0.1) is 0 Å². The molecule has 6 heteroatoms. The van der Waals surface area contributed by atoms with E-state index in [4.69, 9.17) is 4.74 Å². The molecule has 6 nitrogen and oxygen atoms in total. The number of hydrogen-bond acceptors (Lipinski definition) is 4. The minimum absolute atomic E-state index is 0.140. The van der Waals surface area contributed by atoms with Crippen molar-refractivity contribution in [3.8, 4) is 17.0 Å². The van der Waals surface area contributed by atoms with Gasteiger partial charge in [0.1, 0.15) is 11.8 Å². The second kappa shape index (κ2) is 7.41. The van der Waals surface area contributed by atoms with Crippen LogP contribution in [0.4, 0.5) is 0 Å². The van der Waals surface area contributed by atoms with Crippen LogP contribution in [0.3, 0.4) is 0 Å². The van der Waals surface area contributed by atoms with E-state index in [0.717, 1.165) is 11.1 Å². The van der Waals surface area contributed by atoms with Crippen molar-refractivity contribution in [2.45, 2.75) is 13.0 Å². The first-order valence-corrected chi connectivity index (χ1v) is 9.13. The topological polar surface area (TPSA) is 84.1 Å². The lowest BCUT2D eigenvalue weighted by molar-refractivity contribution is 0.0697. The van der Waals surface area contributed by atoms with Crippen LogP contribution in [-0.2, 0) is 0 Å².